The largest absolute Gasteiger partial charge is 0.336 e. The molecule has 0 aliphatic rings. The van der Waals surface area contributed by atoms with E-state index in [0.29, 0.717) is 6.54 Å². The summed E-state index contributed by atoms with van der Waals surface area (Å²) in [5.41, 5.74) is 2.27. The first-order valence-corrected chi connectivity index (χ1v) is 6.33. The van der Waals surface area contributed by atoms with Gasteiger partial charge in [0.05, 0.1) is 0 Å². The van der Waals surface area contributed by atoms with Gasteiger partial charge in [0.25, 0.3) is 11.5 Å². The smallest absolute Gasteiger partial charge is 0.274 e. The second-order valence-electron chi connectivity index (χ2n) is 4.83. The third-order valence-corrected chi connectivity index (χ3v) is 3.07. The fraction of sp³-hybridized carbons (Fsp3) is 0.267. The van der Waals surface area contributed by atoms with Crippen LogP contribution in [-0.2, 0) is 13.6 Å². The van der Waals surface area contributed by atoms with Gasteiger partial charge < -0.3 is 4.90 Å². The van der Waals surface area contributed by atoms with Gasteiger partial charge in [0.2, 0.25) is 0 Å². The molecular formula is C15H17N3O2. The highest BCUT2D eigenvalue weighted by molar-refractivity contribution is 5.91. The lowest BCUT2D eigenvalue weighted by molar-refractivity contribution is 0.0776. The fourth-order valence-electron chi connectivity index (χ4n) is 1.85. The second-order valence-corrected chi connectivity index (χ2v) is 4.83. The van der Waals surface area contributed by atoms with Crippen molar-refractivity contribution in [2.24, 2.45) is 7.05 Å². The zero-order valence-electron chi connectivity index (χ0n) is 11.8. The van der Waals surface area contributed by atoms with Gasteiger partial charge >= 0.3 is 0 Å². The number of carbonyl (C=O) groups excluding carboxylic acids is 1. The van der Waals surface area contributed by atoms with Crippen molar-refractivity contribution in [2.45, 2.75) is 13.5 Å². The highest BCUT2D eigenvalue weighted by Gasteiger charge is 2.14. The number of aromatic nitrogens is 2. The minimum Gasteiger partial charge on any atom is -0.336 e. The topological polar surface area (TPSA) is 55.2 Å². The maximum Gasteiger partial charge on any atom is 0.274 e. The van der Waals surface area contributed by atoms with Crippen LogP contribution in [0.5, 0.6) is 0 Å². The summed E-state index contributed by atoms with van der Waals surface area (Å²) in [6.07, 6.45) is 0. The molecule has 0 spiro atoms. The highest BCUT2D eigenvalue weighted by atomic mass is 16.2. The first kappa shape index (κ1) is 14.0. The number of hydrogen-bond acceptors (Lipinski definition) is 3. The van der Waals surface area contributed by atoms with Crippen molar-refractivity contribution in [2.75, 3.05) is 7.05 Å². The van der Waals surface area contributed by atoms with Crippen LogP contribution in [0.15, 0.2) is 41.2 Å². The first-order valence-electron chi connectivity index (χ1n) is 6.33. The van der Waals surface area contributed by atoms with Crippen LogP contribution in [0, 0.1) is 6.92 Å². The molecule has 0 N–H and O–H groups in total. The zero-order chi connectivity index (χ0) is 14.7. The van der Waals surface area contributed by atoms with Crippen molar-refractivity contribution >= 4 is 5.91 Å². The summed E-state index contributed by atoms with van der Waals surface area (Å²) in [7, 11) is 3.24. The van der Waals surface area contributed by atoms with Crippen LogP contribution < -0.4 is 5.56 Å². The van der Waals surface area contributed by atoms with Crippen LogP contribution in [-0.4, -0.2) is 27.6 Å². The maximum atomic E-state index is 12.2. The van der Waals surface area contributed by atoms with Crippen LogP contribution in [0.2, 0.25) is 0 Å². The summed E-state index contributed by atoms with van der Waals surface area (Å²) in [6.45, 7) is 2.52. The fourth-order valence-corrected chi connectivity index (χ4v) is 1.85. The van der Waals surface area contributed by atoms with Crippen LogP contribution >= 0.6 is 0 Å². The van der Waals surface area contributed by atoms with E-state index in [1.165, 1.54) is 24.7 Å². The molecule has 5 heteroatoms. The molecule has 1 amide bonds. The molecule has 2 rings (SSSR count). The van der Waals surface area contributed by atoms with Crippen molar-refractivity contribution in [1.29, 1.82) is 0 Å². The molecule has 20 heavy (non-hydrogen) atoms. The Labute approximate surface area is 117 Å². The third kappa shape index (κ3) is 3.12. The Kier molecular flexibility index (Phi) is 3.98. The van der Waals surface area contributed by atoms with Gasteiger partial charge in [-0.15, -0.1) is 0 Å². The van der Waals surface area contributed by atoms with E-state index in [2.05, 4.69) is 5.10 Å². The molecule has 0 unspecified atom stereocenters. The van der Waals surface area contributed by atoms with Gasteiger partial charge in [-0.1, -0.05) is 29.8 Å². The quantitative estimate of drug-likeness (QED) is 0.847. The van der Waals surface area contributed by atoms with Gasteiger partial charge in [0.15, 0.2) is 0 Å². The summed E-state index contributed by atoms with van der Waals surface area (Å²) >= 11 is 0. The number of aryl methyl sites for hydroxylation is 2. The number of rotatable bonds is 3. The summed E-state index contributed by atoms with van der Waals surface area (Å²) in [5, 5.41) is 3.96. The highest BCUT2D eigenvalue weighted by Crippen LogP contribution is 2.07. The second kappa shape index (κ2) is 5.69. The summed E-state index contributed by atoms with van der Waals surface area (Å²) in [5.74, 6) is -0.207. The molecule has 0 saturated heterocycles. The van der Waals surface area contributed by atoms with E-state index in [1.54, 1.807) is 11.9 Å². The van der Waals surface area contributed by atoms with Crippen LogP contribution in [0.4, 0.5) is 0 Å². The molecule has 1 aromatic heterocycles. The van der Waals surface area contributed by atoms with Crippen molar-refractivity contribution in [3.05, 3.63) is 63.6 Å². The Morgan fingerprint density at radius 1 is 1.20 bits per heavy atom. The Bertz CT molecular complexity index is 674. The lowest BCUT2D eigenvalue weighted by Crippen LogP contribution is -2.30. The van der Waals surface area contributed by atoms with Crippen LogP contribution in [0.1, 0.15) is 21.6 Å². The minimum absolute atomic E-state index is 0.207. The van der Waals surface area contributed by atoms with Crippen molar-refractivity contribution in [3.63, 3.8) is 0 Å². The monoisotopic (exact) mass is 271 g/mol. The maximum absolute atomic E-state index is 12.2. The number of nitrogens with zero attached hydrogens (tertiary/aromatic N) is 3. The molecule has 0 radical (unpaired) electrons. The number of benzene rings is 1. The summed E-state index contributed by atoms with van der Waals surface area (Å²) in [6, 6.07) is 10.8. The van der Waals surface area contributed by atoms with E-state index in [0.717, 1.165) is 10.2 Å². The van der Waals surface area contributed by atoms with Crippen molar-refractivity contribution in [1.82, 2.24) is 14.7 Å². The average Bonchev–Trinajstić information content (AvgIpc) is 2.43. The normalized spacial score (nSPS) is 10.3. The third-order valence-electron chi connectivity index (χ3n) is 3.07. The lowest BCUT2D eigenvalue weighted by atomic mass is 10.1. The Morgan fingerprint density at radius 3 is 2.45 bits per heavy atom. The van der Waals surface area contributed by atoms with Gasteiger partial charge in [-0.25, -0.2) is 4.68 Å². The van der Waals surface area contributed by atoms with E-state index >= 15 is 0 Å². The molecule has 0 saturated carbocycles. The molecule has 5 nitrogen and oxygen atoms in total. The van der Waals surface area contributed by atoms with Gasteiger partial charge in [0, 0.05) is 26.7 Å². The Balaban J connectivity index is 2.13. The van der Waals surface area contributed by atoms with E-state index in [4.69, 9.17) is 0 Å². The molecule has 104 valence electrons. The Hall–Kier alpha value is -2.43. The zero-order valence-corrected chi connectivity index (χ0v) is 11.8. The average molecular weight is 271 g/mol. The number of amides is 1. The van der Waals surface area contributed by atoms with E-state index in [1.807, 2.05) is 31.2 Å². The van der Waals surface area contributed by atoms with Crippen LogP contribution in [0.3, 0.4) is 0 Å². The summed E-state index contributed by atoms with van der Waals surface area (Å²) < 4.78 is 1.16. The molecule has 1 aromatic carbocycles. The molecule has 0 aliphatic heterocycles. The van der Waals surface area contributed by atoms with Gasteiger partial charge in [0.1, 0.15) is 5.69 Å². The van der Waals surface area contributed by atoms with Gasteiger partial charge in [-0.2, -0.15) is 5.10 Å². The van der Waals surface area contributed by atoms with Crippen LogP contribution in [0.25, 0.3) is 0 Å². The molecule has 1 heterocycles. The molecule has 0 atom stereocenters. The summed E-state index contributed by atoms with van der Waals surface area (Å²) in [4.78, 5) is 25.1. The van der Waals surface area contributed by atoms with Gasteiger partial charge in [-0.05, 0) is 18.6 Å². The molecule has 2 aromatic rings. The SMILES string of the molecule is Cc1ccc(CN(C)C(=O)c2ccc(=O)n(C)n2)cc1. The van der Waals surface area contributed by atoms with E-state index in [-0.39, 0.29) is 17.2 Å². The predicted molar refractivity (Wildman–Crippen MR) is 76.5 cm³/mol. The molecular weight excluding hydrogens is 254 g/mol. The van der Waals surface area contributed by atoms with Crippen molar-refractivity contribution < 1.29 is 4.79 Å². The van der Waals surface area contributed by atoms with Crippen molar-refractivity contribution in [3.8, 4) is 0 Å². The first-order chi connectivity index (χ1) is 9.47. The standard InChI is InChI=1S/C15H17N3O2/c1-11-4-6-12(7-5-11)10-17(2)15(20)13-8-9-14(19)18(3)16-13/h4-9H,10H2,1-3H3. The van der Waals surface area contributed by atoms with E-state index < -0.39 is 0 Å². The van der Waals surface area contributed by atoms with E-state index in [9.17, 15) is 9.59 Å². The number of carbonyl (C=O) groups is 1. The molecule has 0 aliphatic carbocycles. The van der Waals surface area contributed by atoms with Gasteiger partial charge in [-0.3, -0.25) is 9.59 Å². The Morgan fingerprint density at radius 2 is 1.85 bits per heavy atom. The molecule has 0 fully saturated rings. The molecule has 0 bridgehead atoms. The minimum atomic E-state index is -0.234. The lowest BCUT2D eigenvalue weighted by Gasteiger charge is -2.17. The number of hydrogen-bond donors (Lipinski definition) is 0. The predicted octanol–water partition coefficient (Wildman–Crippen LogP) is 1.36.